The zero-order valence-corrected chi connectivity index (χ0v) is 13.3. The van der Waals surface area contributed by atoms with Gasteiger partial charge in [-0.15, -0.1) is 23.7 Å². The first-order valence-electron chi connectivity index (χ1n) is 5.92. The van der Waals surface area contributed by atoms with E-state index in [9.17, 15) is 8.42 Å². The number of hydrogen-bond acceptors (Lipinski definition) is 5. The van der Waals surface area contributed by atoms with E-state index in [2.05, 4.69) is 10.0 Å². The zero-order chi connectivity index (χ0) is 13.2. The molecule has 8 heteroatoms. The largest absolute Gasteiger partial charge is 0.494 e. The summed E-state index contributed by atoms with van der Waals surface area (Å²) in [5.41, 5.74) is 0. The van der Waals surface area contributed by atoms with E-state index in [-0.39, 0.29) is 28.7 Å². The topological polar surface area (TPSA) is 67.4 Å². The molecule has 0 bridgehead atoms. The first kappa shape index (κ1) is 16.7. The summed E-state index contributed by atoms with van der Waals surface area (Å²) in [5, 5.41) is 4.99. The number of rotatable bonds is 4. The molecule has 0 amide bonds. The van der Waals surface area contributed by atoms with Gasteiger partial charge in [-0.1, -0.05) is 0 Å². The van der Waals surface area contributed by atoms with Crippen LogP contribution in [-0.4, -0.2) is 34.2 Å². The smallest absolute Gasteiger partial charge is 0.254 e. The molecule has 1 aromatic rings. The lowest BCUT2D eigenvalue weighted by atomic mass is 10.0. The number of piperidine rings is 1. The van der Waals surface area contributed by atoms with Crippen molar-refractivity contribution in [3.63, 3.8) is 0 Å². The molecule has 0 saturated carbocycles. The van der Waals surface area contributed by atoms with Crippen molar-refractivity contribution in [1.29, 1.82) is 0 Å². The molecular weight excluding hydrogens is 308 g/mol. The van der Waals surface area contributed by atoms with Gasteiger partial charge in [0.25, 0.3) is 10.0 Å². The number of hydrogen-bond donors (Lipinski definition) is 2. The minimum absolute atomic E-state index is 0. The normalized spacial score (nSPS) is 23.7. The van der Waals surface area contributed by atoms with Crippen LogP contribution in [0.5, 0.6) is 5.75 Å². The minimum Gasteiger partial charge on any atom is -0.494 e. The van der Waals surface area contributed by atoms with E-state index in [0.29, 0.717) is 5.75 Å². The fourth-order valence-electron chi connectivity index (χ4n) is 2.09. The van der Waals surface area contributed by atoms with Crippen molar-refractivity contribution in [3.8, 4) is 5.75 Å². The van der Waals surface area contributed by atoms with E-state index in [1.807, 2.05) is 6.92 Å². The van der Waals surface area contributed by atoms with Crippen molar-refractivity contribution in [2.24, 2.45) is 0 Å². The Morgan fingerprint density at radius 2 is 2.26 bits per heavy atom. The van der Waals surface area contributed by atoms with Gasteiger partial charge in [0, 0.05) is 12.1 Å². The second kappa shape index (κ2) is 6.90. The summed E-state index contributed by atoms with van der Waals surface area (Å²) in [5.74, 6) is 0.406. The van der Waals surface area contributed by atoms with Crippen LogP contribution in [0.2, 0.25) is 0 Å². The summed E-state index contributed by atoms with van der Waals surface area (Å²) in [6.07, 6.45) is 1.85. The molecule has 19 heavy (non-hydrogen) atoms. The maximum absolute atomic E-state index is 12.3. The molecule has 1 aromatic heterocycles. The Kier molecular flexibility index (Phi) is 6.07. The predicted octanol–water partition coefficient (Wildman–Crippen LogP) is 1.60. The average molecular weight is 327 g/mol. The van der Waals surface area contributed by atoms with Gasteiger partial charge in [0.15, 0.2) is 4.21 Å². The highest BCUT2D eigenvalue weighted by Crippen LogP contribution is 2.29. The number of sulfonamides is 1. The third kappa shape index (κ3) is 3.82. The van der Waals surface area contributed by atoms with Crippen LogP contribution in [0.25, 0.3) is 0 Å². The van der Waals surface area contributed by atoms with Gasteiger partial charge in [0.1, 0.15) is 5.75 Å². The number of methoxy groups -OCH3 is 1. The SMILES string of the molecule is COc1ccsc1S(=O)(=O)NC1CCCNC1C.Cl. The van der Waals surface area contributed by atoms with Crippen molar-refractivity contribution in [2.75, 3.05) is 13.7 Å². The number of ether oxygens (including phenoxy) is 1. The molecule has 2 rings (SSSR count). The number of thiophene rings is 1. The fraction of sp³-hybridized carbons (Fsp3) is 0.636. The van der Waals surface area contributed by atoms with Crippen molar-refractivity contribution < 1.29 is 13.2 Å². The van der Waals surface area contributed by atoms with E-state index in [1.54, 1.807) is 11.4 Å². The van der Waals surface area contributed by atoms with Crippen LogP contribution >= 0.6 is 23.7 Å². The molecule has 0 aromatic carbocycles. The van der Waals surface area contributed by atoms with Gasteiger partial charge in [-0.05, 0) is 37.8 Å². The molecule has 2 heterocycles. The first-order chi connectivity index (χ1) is 8.54. The van der Waals surface area contributed by atoms with E-state index >= 15 is 0 Å². The molecule has 1 aliphatic rings. The molecule has 0 radical (unpaired) electrons. The second-order valence-corrected chi connectivity index (χ2v) is 7.21. The molecule has 1 aliphatic heterocycles. The number of halogens is 1. The standard InChI is InChI=1S/C11H18N2O3S2.ClH/c1-8-9(4-3-6-12-8)13-18(14,15)11-10(16-2)5-7-17-11;/h5,7-9,12-13H,3-4,6H2,1-2H3;1H. The summed E-state index contributed by atoms with van der Waals surface area (Å²) in [6.45, 7) is 2.94. The molecule has 110 valence electrons. The lowest BCUT2D eigenvalue weighted by Crippen LogP contribution is -2.51. The van der Waals surface area contributed by atoms with Gasteiger partial charge >= 0.3 is 0 Å². The Bertz CT molecular complexity index is 504. The molecule has 2 atom stereocenters. The summed E-state index contributed by atoms with van der Waals surface area (Å²) >= 11 is 1.18. The summed E-state index contributed by atoms with van der Waals surface area (Å²) in [4.78, 5) is 0. The van der Waals surface area contributed by atoms with Crippen molar-refractivity contribution in [1.82, 2.24) is 10.0 Å². The van der Waals surface area contributed by atoms with E-state index in [0.717, 1.165) is 19.4 Å². The van der Waals surface area contributed by atoms with Crippen molar-refractivity contribution in [3.05, 3.63) is 11.4 Å². The van der Waals surface area contributed by atoms with E-state index in [4.69, 9.17) is 4.74 Å². The van der Waals surface area contributed by atoms with Gasteiger partial charge in [-0.25, -0.2) is 13.1 Å². The Labute approximate surface area is 124 Å². The first-order valence-corrected chi connectivity index (χ1v) is 8.28. The Morgan fingerprint density at radius 3 is 2.89 bits per heavy atom. The Hall–Kier alpha value is -0.340. The highest BCUT2D eigenvalue weighted by molar-refractivity contribution is 7.91. The molecule has 1 saturated heterocycles. The molecule has 2 N–H and O–H groups in total. The van der Waals surface area contributed by atoms with Crippen LogP contribution in [0.3, 0.4) is 0 Å². The lowest BCUT2D eigenvalue weighted by Gasteiger charge is -2.30. The van der Waals surface area contributed by atoms with Gasteiger partial charge in [-0.3, -0.25) is 0 Å². The maximum Gasteiger partial charge on any atom is 0.254 e. The third-order valence-corrected chi connectivity index (χ3v) is 6.06. The molecule has 1 fully saturated rings. The summed E-state index contributed by atoms with van der Waals surface area (Å²) in [7, 11) is -2.01. The highest BCUT2D eigenvalue weighted by Gasteiger charge is 2.29. The second-order valence-electron chi connectivity index (χ2n) is 4.39. The van der Waals surface area contributed by atoms with Crippen LogP contribution in [0, 0.1) is 0 Å². The van der Waals surface area contributed by atoms with Crippen molar-refractivity contribution in [2.45, 2.75) is 36.1 Å². The molecule has 0 aliphatic carbocycles. The average Bonchev–Trinajstić information content (AvgIpc) is 2.81. The maximum atomic E-state index is 12.3. The van der Waals surface area contributed by atoms with E-state index in [1.165, 1.54) is 18.4 Å². The Morgan fingerprint density at radius 1 is 1.53 bits per heavy atom. The van der Waals surface area contributed by atoms with Crippen LogP contribution in [0.15, 0.2) is 15.7 Å². The minimum atomic E-state index is -3.49. The van der Waals surface area contributed by atoms with Crippen molar-refractivity contribution >= 4 is 33.8 Å². The molecule has 5 nitrogen and oxygen atoms in total. The van der Waals surface area contributed by atoms with Gasteiger partial charge in [0.05, 0.1) is 7.11 Å². The van der Waals surface area contributed by atoms with Gasteiger partial charge < -0.3 is 10.1 Å². The zero-order valence-electron chi connectivity index (χ0n) is 10.9. The fourth-order valence-corrected chi connectivity index (χ4v) is 4.73. The van der Waals surface area contributed by atoms with Crippen LogP contribution < -0.4 is 14.8 Å². The number of nitrogens with one attached hydrogen (secondary N) is 2. The summed E-state index contributed by atoms with van der Waals surface area (Å²) < 4.78 is 32.6. The molecule has 0 spiro atoms. The van der Waals surface area contributed by atoms with Crippen LogP contribution in [-0.2, 0) is 10.0 Å². The van der Waals surface area contributed by atoms with E-state index < -0.39 is 10.0 Å². The quantitative estimate of drug-likeness (QED) is 0.882. The van der Waals surface area contributed by atoms with Crippen LogP contribution in [0.4, 0.5) is 0 Å². The van der Waals surface area contributed by atoms with Crippen LogP contribution in [0.1, 0.15) is 19.8 Å². The van der Waals surface area contributed by atoms with Gasteiger partial charge in [0.2, 0.25) is 0 Å². The predicted molar refractivity (Wildman–Crippen MR) is 78.9 cm³/mol. The molecular formula is C11H19ClN2O3S2. The highest BCUT2D eigenvalue weighted by atomic mass is 35.5. The lowest BCUT2D eigenvalue weighted by molar-refractivity contribution is 0.348. The summed E-state index contributed by atoms with van der Waals surface area (Å²) in [6, 6.07) is 1.76. The third-order valence-electron chi connectivity index (χ3n) is 3.13. The van der Waals surface area contributed by atoms with Gasteiger partial charge in [-0.2, -0.15) is 0 Å². The Balaban J connectivity index is 0.00000180. The monoisotopic (exact) mass is 326 g/mol. The molecule has 2 unspecified atom stereocenters.